The molecule has 0 fully saturated rings. The van der Waals surface area contributed by atoms with Crippen LogP contribution in [0.15, 0.2) is 54.0 Å². The largest absolute Gasteiger partial charge is 0.439 e. The minimum absolute atomic E-state index is 0.118. The van der Waals surface area contributed by atoms with Crippen molar-refractivity contribution in [2.24, 2.45) is 0 Å². The van der Waals surface area contributed by atoms with E-state index in [1.807, 2.05) is 6.07 Å². The number of hydrogen-bond donors (Lipinski definition) is 1. The Kier molecular flexibility index (Phi) is 5.02. The Morgan fingerprint density at radius 3 is 3.11 bits per heavy atom. The molecule has 1 aromatic carbocycles. The zero-order valence-electron chi connectivity index (χ0n) is 14.5. The fraction of sp³-hybridized carbons (Fsp3) is 0.200. The lowest BCUT2D eigenvalue weighted by molar-refractivity contribution is 0.192. The maximum absolute atomic E-state index is 13.4. The molecule has 0 aliphatic carbocycles. The summed E-state index contributed by atoms with van der Waals surface area (Å²) in [4.78, 5) is 19.9. The molecule has 0 atom stereocenters. The van der Waals surface area contributed by atoms with Crippen molar-refractivity contribution in [1.29, 1.82) is 0 Å². The molecule has 1 aliphatic heterocycles. The van der Waals surface area contributed by atoms with E-state index in [9.17, 15) is 9.18 Å². The topological polar surface area (TPSA) is 54.5 Å². The van der Waals surface area contributed by atoms with Crippen LogP contribution >= 0.6 is 11.3 Å². The van der Waals surface area contributed by atoms with Gasteiger partial charge in [0.15, 0.2) is 0 Å². The zero-order valence-corrected chi connectivity index (χ0v) is 15.3. The van der Waals surface area contributed by atoms with Gasteiger partial charge in [-0.25, -0.2) is 14.2 Å². The van der Waals surface area contributed by atoms with Crippen LogP contribution in [0.5, 0.6) is 11.6 Å². The maximum Gasteiger partial charge on any atom is 0.317 e. The zero-order chi connectivity index (χ0) is 18.6. The van der Waals surface area contributed by atoms with Crippen LogP contribution in [-0.4, -0.2) is 22.5 Å². The lowest BCUT2D eigenvalue weighted by Crippen LogP contribution is -2.42. The van der Waals surface area contributed by atoms with Gasteiger partial charge >= 0.3 is 6.03 Å². The summed E-state index contributed by atoms with van der Waals surface area (Å²) in [7, 11) is 0. The number of ether oxygens (including phenoxy) is 1. The van der Waals surface area contributed by atoms with Crippen LogP contribution in [0.25, 0.3) is 0 Å². The van der Waals surface area contributed by atoms with Crippen molar-refractivity contribution in [3.63, 3.8) is 0 Å². The van der Waals surface area contributed by atoms with E-state index >= 15 is 0 Å². The Balaban J connectivity index is 1.40. The average Bonchev–Trinajstić information content (AvgIpc) is 3.15. The third-order valence-corrected chi connectivity index (χ3v) is 5.41. The molecule has 0 bridgehead atoms. The molecular formula is C20H18FN3O2S. The van der Waals surface area contributed by atoms with Crippen LogP contribution in [0.2, 0.25) is 0 Å². The minimum Gasteiger partial charge on any atom is -0.439 e. The smallest absolute Gasteiger partial charge is 0.317 e. The monoisotopic (exact) mass is 383 g/mol. The number of halogens is 1. The van der Waals surface area contributed by atoms with Crippen LogP contribution in [0.1, 0.15) is 16.0 Å². The van der Waals surface area contributed by atoms with Crippen molar-refractivity contribution < 1.29 is 13.9 Å². The number of carbonyl (C=O) groups is 1. The standard InChI is InChI=1S/C20H18FN3O2S/c21-16-4-1-5-17(11-16)26-19-14(3-2-8-22-19)12-23-20(25)24-9-6-18-15(13-24)7-10-27-18/h1-5,7-8,10-11H,6,9,12-13H2,(H,23,25). The fourth-order valence-corrected chi connectivity index (χ4v) is 3.89. The second kappa shape index (κ2) is 7.75. The van der Waals surface area contributed by atoms with Crippen molar-refractivity contribution in [3.8, 4) is 11.6 Å². The highest BCUT2D eigenvalue weighted by Crippen LogP contribution is 2.25. The molecule has 0 saturated carbocycles. The van der Waals surface area contributed by atoms with Crippen molar-refractivity contribution in [1.82, 2.24) is 15.2 Å². The molecule has 7 heteroatoms. The van der Waals surface area contributed by atoms with Crippen molar-refractivity contribution >= 4 is 17.4 Å². The van der Waals surface area contributed by atoms with E-state index in [0.29, 0.717) is 24.7 Å². The van der Waals surface area contributed by atoms with E-state index in [0.717, 1.165) is 12.0 Å². The minimum atomic E-state index is -0.379. The summed E-state index contributed by atoms with van der Waals surface area (Å²) < 4.78 is 19.0. The Hall–Kier alpha value is -2.93. The number of carbonyl (C=O) groups excluding carboxylic acids is 1. The van der Waals surface area contributed by atoms with E-state index in [4.69, 9.17) is 4.74 Å². The van der Waals surface area contributed by atoms with Gasteiger partial charge in [-0.2, -0.15) is 0 Å². The number of amides is 2. The maximum atomic E-state index is 13.4. The van der Waals surface area contributed by atoms with Gasteiger partial charge in [-0.15, -0.1) is 11.3 Å². The number of nitrogens with one attached hydrogen (secondary N) is 1. The van der Waals surface area contributed by atoms with Gasteiger partial charge < -0.3 is 15.0 Å². The summed E-state index contributed by atoms with van der Waals surface area (Å²) in [5, 5.41) is 4.99. The Labute approximate surface area is 160 Å². The molecule has 0 saturated heterocycles. The lowest BCUT2D eigenvalue weighted by atomic mass is 10.1. The third-order valence-electron chi connectivity index (χ3n) is 4.39. The number of urea groups is 1. The quantitative estimate of drug-likeness (QED) is 0.729. The lowest BCUT2D eigenvalue weighted by Gasteiger charge is -2.27. The average molecular weight is 383 g/mol. The Bertz CT molecular complexity index is 960. The predicted octanol–water partition coefficient (Wildman–Crippen LogP) is 4.34. The van der Waals surface area contributed by atoms with Gasteiger partial charge in [0.2, 0.25) is 5.88 Å². The fourth-order valence-electron chi connectivity index (χ4n) is 3.00. The van der Waals surface area contributed by atoms with E-state index in [-0.39, 0.29) is 18.4 Å². The van der Waals surface area contributed by atoms with E-state index in [2.05, 4.69) is 21.7 Å². The predicted molar refractivity (Wildman–Crippen MR) is 101 cm³/mol. The second-order valence-electron chi connectivity index (χ2n) is 6.23. The number of nitrogens with zero attached hydrogens (tertiary/aromatic N) is 2. The van der Waals surface area contributed by atoms with Gasteiger partial charge in [0.25, 0.3) is 0 Å². The molecule has 138 valence electrons. The first kappa shape index (κ1) is 17.5. The number of thiophene rings is 1. The molecule has 3 aromatic rings. The summed E-state index contributed by atoms with van der Waals surface area (Å²) in [6.07, 6.45) is 2.49. The van der Waals surface area contributed by atoms with E-state index < -0.39 is 0 Å². The van der Waals surface area contributed by atoms with Gasteiger partial charge in [-0.1, -0.05) is 12.1 Å². The molecule has 0 spiro atoms. The number of rotatable bonds is 4. The number of fused-ring (bicyclic) bond motifs is 1. The number of pyridine rings is 1. The summed E-state index contributed by atoms with van der Waals surface area (Å²) in [6.45, 7) is 1.62. The molecular weight excluding hydrogens is 365 g/mol. The summed E-state index contributed by atoms with van der Waals surface area (Å²) >= 11 is 1.74. The highest BCUT2D eigenvalue weighted by molar-refractivity contribution is 7.10. The molecule has 4 rings (SSSR count). The molecule has 1 aliphatic rings. The first-order chi connectivity index (χ1) is 13.2. The van der Waals surface area contributed by atoms with Crippen LogP contribution in [0, 0.1) is 5.82 Å². The molecule has 5 nitrogen and oxygen atoms in total. The number of aromatic nitrogens is 1. The molecule has 2 amide bonds. The Morgan fingerprint density at radius 2 is 2.22 bits per heavy atom. The summed E-state index contributed by atoms with van der Waals surface area (Å²) in [5.74, 6) is 0.334. The molecule has 1 N–H and O–H groups in total. The normalized spacial score (nSPS) is 13.1. The van der Waals surface area contributed by atoms with Gasteiger partial charge in [0, 0.05) is 42.3 Å². The van der Waals surface area contributed by atoms with Crippen LogP contribution in [0.4, 0.5) is 9.18 Å². The van der Waals surface area contributed by atoms with E-state index in [1.165, 1.54) is 22.6 Å². The van der Waals surface area contributed by atoms with Gasteiger partial charge in [-0.3, -0.25) is 0 Å². The highest BCUT2D eigenvalue weighted by atomic mass is 32.1. The number of benzene rings is 1. The third kappa shape index (κ3) is 4.09. The number of hydrogen-bond acceptors (Lipinski definition) is 4. The summed E-state index contributed by atoms with van der Waals surface area (Å²) in [6, 6.07) is 11.4. The SMILES string of the molecule is O=C(NCc1cccnc1Oc1cccc(F)c1)N1CCc2sccc2C1. The first-order valence-corrected chi connectivity index (χ1v) is 9.52. The molecule has 3 heterocycles. The molecule has 2 aromatic heterocycles. The first-order valence-electron chi connectivity index (χ1n) is 8.64. The molecule has 0 unspecified atom stereocenters. The highest BCUT2D eigenvalue weighted by Gasteiger charge is 2.21. The van der Waals surface area contributed by atoms with Crippen molar-refractivity contribution in [3.05, 3.63) is 75.9 Å². The van der Waals surface area contributed by atoms with E-state index in [1.54, 1.807) is 40.6 Å². The van der Waals surface area contributed by atoms with Gasteiger partial charge in [0.05, 0.1) is 0 Å². The van der Waals surface area contributed by atoms with Gasteiger partial charge in [-0.05, 0) is 41.6 Å². The van der Waals surface area contributed by atoms with Crippen molar-refractivity contribution in [2.75, 3.05) is 6.54 Å². The molecule has 27 heavy (non-hydrogen) atoms. The van der Waals surface area contributed by atoms with Crippen LogP contribution < -0.4 is 10.1 Å². The van der Waals surface area contributed by atoms with Crippen molar-refractivity contribution in [2.45, 2.75) is 19.5 Å². The molecule has 0 radical (unpaired) electrons. The Morgan fingerprint density at radius 1 is 1.30 bits per heavy atom. The van der Waals surface area contributed by atoms with Gasteiger partial charge in [0.1, 0.15) is 11.6 Å². The van der Waals surface area contributed by atoms with Crippen LogP contribution in [0.3, 0.4) is 0 Å². The summed E-state index contributed by atoms with van der Waals surface area (Å²) in [5.41, 5.74) is 1.95. The second-order valence-corrected chi connectivity index (χ2v) is 7.23. The van der Waals surface area contributed by atoms with Crippen LogP contribution in [-0.2, 0) is 19.5 Å².